The number of nitriles is 1. The van der Waals surface area contributed by atoms with Crippen LogP contribution >= 0.6 is 0 Å². The van der Waals surface area contributed by atoms with Crippen molar-refractivity contribution in [3.63, 3.8) is 0 Å². The number of piperidine rings is 1. The standard InChI is InChI=1S/C19H18FN3O3S/c20-16-6-8-18(9-7-16)27(25,26)23-10-2-4-15(13-23)19(24)22-17-5-1-3-14(11-17)12-21/h1,3,5-9,11,15H,2,4,10,13H2,(H,22,24). The first-order valence-electron chi connectivity index (χ1n) is 8.47. The number of rotatable bonds is 4. The SMILES string of the molecule is N#Cc1cccc(NC(=O)C2CCCN(S(=O)(=O)c3ccc(F)cc3)C2)c1. The van der Waals surface area contributed by atoms with Crippen LogP contribution in [-0.2, 0) is 14.8 Å². The second-order valence-electron chi connectivity index (χ2n) is 6.34. The molecule has 0 aromatic heterocycles. The molecule has 1 saturated heterocycles. The number of carbonyl (C=O) groups is 1. The van der Waals surface area contributed by atoms with Crippen molar-refractivity contribution in [1.29, 1.82) is 5.26 Å². The number of carbonyl (C=O) groups excluding carboxylic acids is 1. The molecule has 1 aliphatic rings. The van der Waals surface area contributed by atoms with Crippen molar-refractivity contribution in [2.24, 2.45) is 5.92 Å². The van der Waals surface area contributed by atoms with Crippen molar-refractivity contribution in [1.82, 2.24) is 4.31 Å². The number of hydrogen-bond donors (Lipinski definition) is 1. The van der Waals surface area contributed by atoms with E-state index in [4.69, 9.17) is 5.26 Å². The molecule has 1 aliphatic heterocycles. The topological polar surface area (TPSA) is 90.3 Å². The summed E-state index contributed by atoms with van der Waals surface area (Å²) in [5.41, 5.74) is 0.925. The summed E-state index contributed by atoms with van der Waals surface area (Å²) in [5, 5.41) is 11.7. The summed E-state index contributed by atoms with van der Waals surface area (Å²) >= 11 is 0. The predicted octanol–water partition coefficient (Wildman–Crippen LogP) is 2.74. The van der Waals surface area contributed by atoms with E-state index in [-0.39, 0.29) is 17.3 Å². The van der Waals surface area contributed by atoms with Crippen LogP contribution < -0.4 is 5.32 Å². The first-order chi connectivity index (χ1) is 12.9. The van der Waals surface area contributed by atoms with Crippen molar-refractivity contribution >= 4 is 21.6 Å². The Morgan fingerprint density at radius 1 is 1.22 bits per heavy atom. The van der Waals surface area contributed by atoms with Gasteiger partial charge in [0.1, 0.15) is 5.82 Å². The minimum Gasteiger partial charge on any atom is -0.326 e. The number of halogens is 1. The van der Waals surface area contributed by atoms with Gasteiger partial charge in [-0.05, 0) is 55.3 Å². The highest BCUT2D eigenvalue weighted by Crippen LogP contribution is 2.25. The third-order valence-electron chi connectivity index (χ3n) is 4.47. The molecule has 8 heteroatoms. The zero-order valence-corrected chi connectivity index (χ0v) is 15.2. The minimum absolute atomic E-state index is 0.00618. The molecule has 2 aromatic carbocycles. The van der Waals surface area contributed by atoms with Crippen LogP contribution in [0.1, 0.15) is 18.4 Å². The molecule has 1 amide bonds. The Balaban J connectivity index is 1.72. The van der Waals surface area contributed by atoms with E-state index in [1.807, 2.05) is 6.07 Å². The normalized spacial score (nSPS) is 17.9. The van der Waals surface area contributed by atoms with Gasteiger partial charge in [0.2, 0.25) is 15.9 Å². The molecule has 0 spiro atoms. The molecule has 0 aliphatic carbocycles. The van der Waals surface area contributed by atoms with Crippen LogP contribution in [0.2, 0.25) is 0 Å². The zero-order chi connectivity index (χ0) is 19.4. The summed E-state index contributed by atoms with van der Waals surface area (Å²) in [6, 6.07) is 13.2. The van der Waals surface area contributed by atoms with E-state index < -0.39 is 21.8 Å². The molecule has 2 aromatic rings. The summed E-state index contributed by atoms with van der Waals surface area (Å²) < 4.78 is 39.8. The quantitative estimate of drug-likeness (QED) is 0.873. The molecule has 140 valence electrons. The van der Waals surface area contributed by atoms with Gasteiger partial charge < -0.3 is 5.32 Å². The predicted molar refractivity (Wildman–Crippen MR) is 97.7 cm³/mol. The molecule has 0 radical (unpaired) electrons. The Bertz CT molecular complexity index is 984. The van der Waals surface area contributed by atoms with Crippen molar-refractivity contribution in [3.8, 4) is 6.07 Å². The number of anilines is 1. The van der Waals surface area contributed by atoms with Gasteiger partial charge in [0.05, 0.1) is 22.4 Å². The van der Waals surface area contributed by atoms with Crippen LogP contribution in [0.4, 0.5) is 10.1 Å². The molecule has 27 heavy (non-hydrogen) atoms. The van der Waals surface area contributed by atoms with Crippen LogP contribution in [-0.4, -0.2) is 31.7 Å². The lowest BCUT2D eigenvalue weighted by Gasteiger charge is -2.31. The Hall–Kier alpha value is -2.76. The van der Waals surface area contributed by atoms with Crippen molar-refractivity contribution in [2.75, 3.05) is 18.4 Å². The molecule has 1 unspecified atom stereocenters. The number of hydrogen-bond acceptors (Lipinski definition) is 4. The third kappa shape index (κ3) is 4.32. The van der Waals surface area contributed by atoms with Crippen LogP contribution in [0, 0.1) is 23.1 Å². The second kappa shape index (κ2) is 7.86. The number of sulfonamides is 1. The number of benzene rings is 2. The molecule has 6 nitrogen and oxygen atoms in total. The van der Waals surface area contributed by atoms with Gasteiger partial charge in [-0.25, -0.2) is 12.8 Å². The highest BCUT2D eigenvalue weighted by Gasteiger charge is 2.33. The fourth-order valence-electron chi connectivity index (χ4n) is 3.04. The first-order valence-corrected chi connectivity index (χ1v) is 9.91. The monoisotopic (exact) mass is 387 g/mol. The molecule has 1 atom stereocenters. The highest BCUT2D eigenvalue weighted by molar-refractivity contribution is 7.89. The Kier molecular flexibility index (Phi) is 5.54. The summed E-state index contributed by atoms with van der Waals surface area (Å²) in [4.78, 5) is 12.6. The van der Waals surface area contributed by atoms with Gasteiger partial charge in [0.15, 0.2) is 0 Å². The van der Waals surface area contributed by atoms with E-state index in [1.54, 1.807) is 24.3 Å². The summed E-state index contributed by atoms with van der Waals surface area (Å²) in [6.45, 7) is 0.372. The van der Waals surface area contributed by atoms with Crippen molar-refractivity contribution in [2.45, 2.75) is 17.7 Å². The Morgan fingerprint density at radius 3 is 2.67 bits per heavy atom. The lowest BCUT2D eigenvalue weighted by molar-refractivity contribution is -0.120. The smallest absolute Gasteiger partial charge is 0.243 e. The van der Waals surface area contributed by atoms with Gasteiger partial charge in [-0.2, -0.15) is 9.57 Å². The maximum absolute atomic E-state index is 13.1. The molecular weight excluding hydrogens is 369 g/mol. The van der Waals surface area contributed by atoms with Crippen LogP contribution in [0.25, 0.3) is 0 Å². The van der Waals surface area contributed by atoms with E-state index in [2.05, 4.69) is 5.32 Å². The first kappa shape index (κ1) is 19.0. The summed E-state index contributed by atoms with van der Waals surface area (Å²) in [7, 11) is -3.79. The number of nitrogens with zero attached hydrogens (tertiary/aromatic N) is 2. The largest absolute Gasteiger partial charge is 0.326 e. The van der Waals surface area contributed by atoms with Gasteiger partial charge >= 0.3 is 0 Å². The van der Waals surface area contributed by atoms with Crippen molar-refractivity contribution in [3.05, 3.63) is 59.9 Å². The number of nitrogens with one attached hydrogen (secondary N) is 1. The summed E-state index contributed by atoms with van der Waals surface area (Å²) in [5.74, 6) is -1.30. The molecule has 1 heterocycles. The fraction of sp³-hybridized carbons (Fsp3) is 0.263. The van der Waals surface area contributed by atoms with Gasteiger partial charge in [0, 0.05) is 18.8 Å². The second-order valence-corrected chi connectivity index (χ2v) is 8.28. The van der Waals surface area contributed by atoms with Gasteiger partial charge in [0.25, 0.3) is 0 Å². The Labute approximate surface area is 157 Å². The molecule has 0 saturated carbocycles. The average molecular weight is 387 g/mol. The van der Waals surface area contributed by atoms with E-state index in [0.29, 0.717) is 30.6 Å². The third-order valence-corrected chi connectivity index (χ3v) is 6.34. The maximum Gasteiger partial charge on any atom is 0.243 e. The van der Waals surface area contributed by atoms with Crippen LogP contribution in [0.15, 0.2) is 53.4 Å². The minimum atomic E-state index is -3.79. The lowest BCUT2D eigenvalue weighted by Crippen LogP contribution is -2.43. The molecule has 3 rings (SSSR count). The Morgan fingerprint density at radius 2 is 1.96 bits per heavy atom. The van der Waals surface area contributed by atoms with Crippen LogP contribution in [0.5, 0.6) is 0 Å². The molecule has 0 bridgehead atoms. The van der Waals surface area contributed by atoms with Crippen LogP contribution in [0.3, 0.4) is 0 Å². The van der Waals surface area contributed by atoms with E-state index >= 15 is 0 Å². The van der Waals surface area contributed by atoms with E-state index in [9.17, 15) is 17.6 Å². The van der Waals surface area contributed by atoms with Crippen molar-refractivity contribution < 1.29 is 17.6 Å². The van der Waals surface area contributed by atoms with E-state index in [1.165, 1.54) is 16.4 Å². The molecule has 1 fully saturated rings. The zero-order valence-electron chi connectivity index (χ0n) is 14.4. The average Bonchev–Trinajstić information content (AvgIpc) is 2.68. The lowest BCUT2D eigenvalue weighted by atomic mass is 9.98. The van der Waals surface area contributed by atoms with E-state index in [0.717, 1.165) is 12.1 Å². The van der Waals surface area contributed by atoms with Gasteiger partial charge in [-0.1, -0.05) is 6.07 Å². The highest BCUT2D eigenvalue weighted by atomic mass is 32.2. The maximum atomic E-state index is 13.1. The number of amides is 1. The molecule has 1 N–H and O–H groups in total. The van der Waals surface area contributed by atoms with Gasteiger partial charge in [-0.15, -0.1) is 0 Å². The fourth-order valence-corrected chi connectivity index (χ4v) is 4.57. The summed E-state index contributed by atoms with van der Waals surface area (Å²) in [6.07, 6.45) is 1.12. The molecular formula is C19H18FN3O3S. The van der Waals surface area contributed by atoms with Gasteiger partial charge in [-0.3, -0.25) is 4.79 Å².